The first-order valence-corrected chi connectivity index (χ1v) is 9.83. The van der Waals surface area contributed by atoms with Crippen molar-refractivity contribution in [3.05, 3.63) is 75.8 Å². The molecule has 10 heteroatoms. The van der Waals surface area contributed by atoms with Crippen LogP contribution in [0.3, 0.4) is 0 Å². The Morgan fingerprint density at radius 2 is 1.78 bits per heavy atom. The highest BCUT2D eigenvalue weighted by atomic mass is 16.7. The van der Waals surface area contributed by atoms with Crippen molar-refractivity contribution in [2.45, 2.75) is 44.7 Å². The second-order valence-electron chi connectivity index (χ2n) is 7.43. The van der Waals surface area contributed by atoms with Gasteiger partial charge in [0, 0.05) is 32.4 Å². The van der Waals surface area contributed by atoms with Gasteiger partial charge >= 0.3 is 11.9 Å². The predicted octanol–water partition coefficient (Wildman–Crippen LogP) is 2.25. The van der Waals surface area contributed by atoms with Crippen LogP contribution in [0.4, 0.5) is 5.69 Å². The highest BCUT2D eigenvalue weighted by molar-refractivity contribution is 5.91. The number of aliphatic hydroxyl groups is 1. The van der Waals surface area contributed by atoms with Crippen molar-refractivity contribution in [3.8, 4) is 0 Å². The second-order valence-corrected chi connectivity index (χ2v) is 7.43. The molecule has 2 aromatic carbocycles. The highest BCUT2D eigenvalue weighted by Gasteiger charge is 2.58. The quantitative estimate of drug-likeness (QED) is 0.216. The van der Waals surface area contributed by atoms with E-state index in [1.807, 2.05) is 0 Å². The van der Waals surface area contributed by atoms with E-state index in [-0.39, 0.29) is 18.5 Å². The van der Waals surface area contributed by atoms with Crippen molar-refractivity contribution in [1.29, 1.82) is 0 Å². The number of carbonyl (C=O) groups excluding carboxylic acids is 3. The minimum Gasteiger partial charge on any atom is -0.450 e. The van der Waals surface area contributed by atoms with E-state index < -0.39 is 40.8 Å². The molecule has 1 amide bonds. The number of rotatable bonds is 8. The van der Waals surface area contributed by atoms with Crippen molar-refractivity contribution >= 4 is 23.5 Å². The molecule has 0 aliphatic carbocycles. The van der Waals surface area contributed by atoms with Gasteiger partial charge in [0.15, 0.2) is 0 Å². The van der Waals surface area contributed by atoms with Crippen molar-refractivity contribution in [2.75, 3.05) is 0 Å². The number of ether oxygens (including phenoxy) is 2. The third-order valence-corrected chi connectivity index (χ3v) is 4.99. The summed E-state index contributed by atoms with van der Waals surface area (Å²) in [6.45, 7) is 2.26. The third-order valence-electron chi connectivity index (χ3n) is 4.99. The number of carbonyl (C=O) groups is 3. The Kier molecular flexibility index (Phi) is 6.54. The highest BCUT2D eigenvalue weighted by Crippen LogP contribution is 2.42. The van der Waals surface area contributed by atoms with Gasteiger partial charge in [0.05, 0.1) is 4.92 Å². The van der Waals surface area contributed by atoms with Gasteiger partial charge in [-0.3, -0.25) is 29.4 Å². The average Bonchev–Trinajstić information content (AvgIpc) is 2.73. The molecule has 3 unspecified atom stereocenters. The van der Waals surface area contributed by atoms with Gasteiger partial charge < -0.3 is 14.6 Å². The van der Waals surface area contributed by atoms with E-state index in [4.69, 9.17) is 9.47 Å². The molecule has 0 radical (unpaired) electrons. The lowest BCUT2D eigenvalue weighted by Crippen LogP contribution is -2.68. The first-order chi connectivity index (χ1) is 15.1. The number of β-lactam (4-membered cyclic amide) rings is 1. The van der Waals surface area contributed by atoms with Gasteiger partial charge in [-0.15, -0.1) is 0 Å². The molecular formula is C22H22N2O8. The van der Waals surface area contributed by atoms with E-state index in [0.29, 0.717) is 11.1 Å². The molecule has 0 aromatic heterocycles. The summed E-state index contributed by atoms with van der Waals surface area (Å²) in [7, 11) is 0. The van der Waals surface area contributed by atoms with Gasteiger partial charge in [0.25, 0.3) is 17.5 Å². The minimum atomic E-state index is -2.22. The zero-order valence-electron chi connectivity index (χ0n) is 17.5. The van der Waals surface area contributed by atoms with Gasteiger partial charge in [0.2, 0.25) is 6.10 Å². The molecule has 1 aliphatic heterocycles. The van der Waals surface area contributed by atoms with Crippen LogP contribution in [-0.2, 0) is 30.3 Å². The van der Waals surface area contributed by atoms with E-state index in [0.717, 1.165) is 18.7 Å². The molecule has 2 aromatic rings. The Bertz CT molecular complexity index is 1020. The van der Waals surface area contributed by atoms with Crippen molar-refractivity contribution in [1.82, 2.24) is 4.90 Å². The maximum Gasteiger partial charge on any atom is 0.306 e. The fourth-order valence-corrected chi connectivity index (χ4v) is 3.57. The molecule has 1 aliphatic rings. The van der Waals surface area contributed by atoms with Crippen molar-refractivity contribution in [3.63, 3.8) is 0 Å². The van der Waals surface area contributed by atoms with Gasteiger partial charge in [-0.2, -0.15) is 0 Å². The van der Waals surface area contributed by atoms with Crippen LogP contribution in [0.1, 0.15) is 37.4 Å². The Labute approximate surface area is 183 Å². The second kappa shape index (κ2) is 9.15. The summed E-state index contributed by atoms with van der Waals surface area (Å²) in [6.07, 6.45) is -0.977. The Hall–Kier alpha value is -3.79. The molecule has 168 valence electrons. The molecule has 1 saturated heterocycles. The number of nitro benzene ring substituents is 1. The van der Waals surface area contributed by atoms with E-state index >= 15 is 0 Å². The molecule has 10 nitrogen and oxygen atoms in total. The summed E-state index contributed by atoms with van der Waals surface area (Å²) >= 11 is 0. The molecule has 0 bridgehead atoms. The molecule has 0 saturated carbocycles. The minimum absolute atomic E-state index is 0.0521. The summed E-state index contributed by atoms with van der Waals surface area (Å²) in [4.78, 5) is 47.6. The van der Waals surface area contributed by atoms with Gasteiger partial charge in [0.1, 0.15) is 6.04 Å². The molecule has 1 heterocycles. The number of amides is 1. The van der Waals surface area contributed by atoms with Crippen LogP contribution in [0, 0.1) is 10.1 Å². The zero-order chi connectivity index (χ0) is 23.5. The summed E-state index contributed by atoms with van der Waals surface area (Å²) in [5.74, 6) is -4.34. The summed E-state index contributed by atoms with van der Waals surface area (Å²) in [5, 5.41) is 21.3. The number of nitrogens with zero attached hydrogens (tertiary/aromatic N) is 2. The monoisotopic (exact) mass is 442 g/mol. The van der Waals surface area contributed by atoms with E-state index in [1.165, 1.54) is 12.1 Å². The van der Waals surface area contributed by atoms with Crippen molar-refractivity contribution < 1.29 is 33.9 Å². The number of hydrogen-bond donors (Lipinski definition) is 1. The van der Waals surface area contributed by atoms with Gasteiger partial charge in [-0.05, 0) is 17.5 Å². The lowest BCUT2D eigenvalue weighted by atomic mass is 9.89. The van der Waals surface area contributed by atoms with Crippen LogP contribution in [0.25, 0.3) is 0 Å². The maximum atomic E-state index is 12.7. The van der Waals surface area contributed by atoms with Crippen LogP contribution in [0.2, 0.25) is 0 Å². The lowest BCUT2D eigenvalue weighted by molar-refractivity contribution is -0.384. The normalized spacial score (nSPS) is 19.5. The first-order valence-electron chi connectivity index (χ1n) is 9.83. The molecule has 3 rings (SSSR count). The van der Waals surface area contributed by atoms with E-state index in [9.17, 15) is 29.6 Å². The summed E-state index contributed by atoms with van der Waals surface area (Å²) in [6, 6.07) is 13.6. The Morgan fingerprint density at radius 3 is 2.34 bits per heavy atom. The van der Waals surface area contributed by atoms with Crippen molar-refractivity contribution in [2.24, 2.45) is 0 Å². The molecule has 3 atom stereocenters. The number of aryl methyl sites for hydroxylation is 1. The molecule has 1 N–H and O–H groups in total. The van der Waals surface area contributed by atoms with Crippen LogP contribution >= 0.6 is 0 Å². The first kappa shape index (κ1) is 22.9. The zero-order valence-corrected chi connectivity index (χ0v) is 17.5. The number of esters is 2. The van der Waals surface area contributed by atoms with Gasteiger partial charge in [-0.25, -0.2) is 0 Å². The number of non-ortho nitro benzene ring substituents is 1. The van der Waals surface area contributed by atoms with Crippen LogP contribution in [0.5, 0.6) is 0 Å². The fraction of sp³-hybridized carbons (Fsp3) is 0.318. The predicted molar refractivity (Wildman–Crippen MR) is 110 cm³/mol. The Morgan fingerprint density at radius 1 is 1.16 bits per heavy atom. The fourth-order valence-electron chi connectivity index (χ4n) is 3.57. The number of nitro groups is 1. The SMILES string of the molecule is CC(=O)OC(C)(O)N1C(=O)C(OC(=O)CCc2ccc([N+](=O)[O-])cc2)C1c1ccccc1. The third kappa shape index (κ3) is 4.92. The molecule has 1 fully saturated rings. The lowest BCUT2D eigenvalue weighted by Gasteiger charge is -2.51. The number of likely N-dealkylation sites (tertiary alicyclic amines) is 1. The summed E-state index contributed by atoms with van der Waals surface area (Å²) in [5.41, 5.74) is 1.24. The molecule has 32 heavy (non-hydrogen) atoms. The largest absolute Gasteiger partial charge is 0.450 e. The standard InChI is InChI=1S/C22H22N2O8/c1-14(25)32-22(2,28)23-19(16-6-4-3-5-7-16)20(21(23)27)31-18(26)13-10-15-8-11-17(12-9-15)24(29)30/h3-9,11-12,19-20,28H,10,13H2,1-2H3. The van der Waals surface area contributed by atoms with E-state index in [2.05, 4.69) is 0 Å². The number of benzene rings is 2. The van der Waals surface area contributed by atoms with Crippen LogP contribution in [0.15, 0.2) is 54.6 Å². The topological polar surface area (TPSA) is 136 Å². The molecule has 0 spiro atoms. The average molecular weight is 442 g/mol. The van der Waals surface area contributed by atoms with Gasteiger partial charge in [-0.1, -0.05) is 42.5 Å². The van der Waals surface area contributed by atoms with Crippen LogP contribution in [-0.4, -0.2) is 44.8 Å². The van der Waals surface area contributed by atoms with E-state index in [1.54, 1.807) is 42.5 Å². The van der Waals surface area contributed by atoms with Crippen LogP contribution < -0.4 is 0 Å². The number of hydrogen-bond acceptors (Lipinski definition) is 8. The Balaban J connectivity index is 1.70. The summed E-state index contributed by atoms with van der Waals surface area (Å²) < 4.78 is 10.3. The smallest absolute Gasteiger partial charge is 0.306 e. The maximum absolute atomic E-state index is 12.7. The molecular weight excluding hydrogens is 420 g/mol.